The number of amides is 1. The Morgan fingerprint density at radius 3 is 2.79 bits per heavy atom. The Labute approximate surface area is 110 Å². The van der Waals surface area contributed by atoms with Crippen LogP contribution in [0.3, 0.4) is 0 Å². The second-order valence-electron chi connectivity index (χ2n) is 4.38. The molecule has 2 aromatic heterocycles. The lowest BCUT2D eigenvalue weighted by molar-refractivity contribution is -0.136. The van der Waals surface area contributed by atoms with Gasteiger partial charge in [0.05, 0.1) is 12.1 Å². The molecule has 2 heterocycles. The minimum absolute atomic E-state index is 0.0967. The van der Waals surface area contributed by atoms with Gasteiger partial charge in [-0.2, -0.15) is 0 Å². The van der Waals surface area contributed by atoms with E-state index in [9.17, 15) is 9.59 Å². The van der Waals surface area contributed by atoms with Gasteiger partial charge in [0, 0.05) is 12.7 Å². The fourth-order valence-electron chi connectivity index (χ4n) is 1.91. The topological polar surface area (TPSA) is 83.7 Å². The van der Waals surface area contributed by atoms with Gasteiger partial charge in [0.15, 0.2) is 0 Å². The zero-order chi connectivity index (χ0) is 14.0. The van der Waals surface area contributed by atoms with Crippen LogP contribution in [-0.4, -0.2) is 32.9 Å². The summed E-state index contributed by atoms with van der Waals surface area (Å²) in [5.41, 5.74) is 2.79. The second-order valence-corrected chi connectivity index (χ2v) is 4.38. The molecule has 0 saturated carbocycles. The minimum atomic E-state index is -0.939. The van der Waals surface area contributed by atoms with Crippen molar-refractivity contribution in [3.63, 3.8) is 0 Å². The molecular formula is C13H15N3O3. The number of hydrogen-bond acceptors (Lipinski definition) is 3. The van der Waals surface area contributed by atoms with Gasteiger partial charge in [-0.1, -0.05) is 6.07 Å². The first kappa shape index (κ1) is 13.1. The highest BCUT2D eigenvalue weighted by Gasteiger charge is 2.16. The molecule has 0 aliphatic rings. The van der Waals surface area contributed by atoms with Crippen molar-refractivity contribution in [2.45, 2.75) is 20.3 Å². The quantitative estimate of drug-likeness (QED) is 0.865. The summed E-state index contributed by atoms with van der Waals surface area (Å²) in [5, 5.41) is 11.1. The summed E-state index contributed by atoms with van der Waals surface area (Å²) < 4.78 is 1.72. The number of imidazole rings is 1. The molecule has 100 valence electrons. The number of carboxylic acid groups (broad SMARTS) is 1. The van der Waals surface area contributed by atoms with Crippen LogP contribution in [0.15, 0.2) is 18.3 Å². The molecule has 1 amide bonds. The fourth-order valence-corrected chi connectivity index (χ4v) is 1.91. The number of aryl methyl sites for hydroxylation is 2. The van der Waals surface area contributed by atoms with Gasteiger partial charge >= 0.3 is 5.97 Å². The molecule has 19 heavy (non-hydrogen) atoms. The molecule has 0 spiro atoms. The molecule has 2 rings (SSSR count). The zero-order valence-corrected chi connectivity index (χ0v) is 10.8. The predicted octanol–water partition coefficient (Wildman–Crippen LogP) is 1.16. The van der Waals surface area contributed by atoms with Crippen molar-refractivity contribution in [1.82, 2.24) is 14.7 Å². The van der Waals surface area contributed by atoms with Crippen LogP contribution in [0.5, 0.6) is 0 Å². The molecule has 6 nitrogen and oxygen atoms in total. The number of carbonyl (C=O) groups is 2. The number of pyridine rings is 1. The van der Waals surface area contributed by atoms with E-state index in [1.54, 1.807) is 11.3 Å². The number of hydrogen-bond donors (Lipinski definition) is 2. The van der Waals surface area contributed by atoms with Gasteiger partial charge in [0.1, 0.15) is 11.3 Å². The smallest absolute Gasteiger partial charge is 0.305 e. The van der Waals surface area contributed by atoms with Gasteiger partial charge in [-0.15, -0.1) is 0 Å². The summed E-state index contributed by atoms with van der Waals surface area (Å²) in [6.45, 7) is 3.79. The summed E-state index contributed by atoms with van der Waals surface area (Å²) in [7, 11) is 0. The first-order chi connectivity index (χ1) is 8.99. The first-order valence-electron chi connectivity index (χ1n) is 5.94. The highest BCUT2D eigenvalue weighted by molar-refractivity contribution is 5.94. The fraction of sp³-hybridized carbons (Fsp3) is 0.308. The van der Waals surface area contributed by atoms with Crippen LogP contribution < -0.4 is 5.32 Å². The van der Waals surface area contributed by atoms with E-state index in [2.05, 4.69) is 10.3 Å². The van der Waals surface area contributed by atoms with Gasteiger partial charge in [-0.3, -0.25) is 14.0 Å². The number of aromatic nitrogens is 2. The molecule has 0 fully saturated rings. The Hall–Kier alpha value is -2.37. The van der Waals surface area contributed by atoms with Crippen molar-refractivity contribution >= 4 is 17.5 Å². The lowest BCUT2D eigenvalue weighted by Gasteiger charge is -2.05. The number of rotatable bonds is 4. The average Bonchev–Trinajstić information content (AvgIpc) is 2.63. The molecule has 0 aromatic carbocycles. The second kappa shape index (κ2) is 5.09. The van der Waals surface area contributed by atoms with Crippen molar-refractivity contribution in [2.75, 3.05) is 6.54 Å². The highest BCUT2D eigenvalue weighted by atomic mass is 16.4. The summed E-state index contributed by atoms with van der Waals surface area (Å²) in [4.78, 5) is 26.8. The number of nitrogens with one attached hydrogen (secondary N) is 1. The Balaban J connectivity index is 2.28. The summed E-state index contributed by atoms with van der Waals surface area (Å²) >= 11 is 0. The molecule has 0 aliphatic heterocycles. The van der Waals surface area contributed by atoms with Crippen molar-refractivity contribution < 1.29 is 14.7 Å². The van der Waals surface area contributed by atoms with Crippen LogP contribution in [-0.2, 0) is 4.79 Å². The van der Waals surface area contributed by atoms with E-state index in [4.69, 9.17) is 5.11 Å². The van der Waals surface area contributed by atoms with Gasteiger partial charge < -0.3 is 10.4 Å². The van der Waals surface area contributed by atoms with Crippen molar-refractivity contribution in [3.8, 4) is 0 Å². The maximum absolute atomic E-state index is 12.1. The maximum Gasteiger partial charge on any atom is 0.305 e. The maximum atomic E-state index is 12.1. The first-order valence-corrected chi connectivity index (χ1v) is 5.94. The molecule has 0 aliphatic carbocycles. The van der Waals surface area contributed by atoms with Crippen LogP contribution >= 0.6 is 0 Å². The molecule has 0 bridgehead atoms. The van der Waals surface area contributed by atoms with E-state index < -0.39 is 5.97 Å². The van der Waals surface area contributed by atoms with Crippen LogP contribution in [0.1, 0.15) is 28.2 Å². The summed E-state index contributed by atoms with van der Waals surface area (Å²) in [5.74, 6) is -1.25. The molecule has 0 radical (unpaired) electrons. The van der Waals surface area contributed by atoms with E-state index in [0.29, 0.717) is 17.0 Å². The largest absolute Gasteiger partial charge is 0.481 e. The third kappa shape index (κ3) is 2.73. The van der Waals surface area contributed by atoms with Crippen LogP contribution in [0.4, 0.5) is 0 Å². The monoisotopic (exact) mass is 261 g/mol. The van der Waals surface area contributed by atoms with Crippen molar-refractivity contribution in [1.29, 1.82) is 0 Å². The molecule has 6 heteroatoms. The molecule has 0 saturated heterocycles. The lowest BCUT2D eigenvalue weighted by atomic mass is 10.3. The van der Waals surface area contributed by atoms with Gasteiger partial charge in [-0.05, 0) is 25.5 Å². The molecule has 2 aromatic rings. The van der Waals surface area contributed by atoms with Crippen LogP contribution in [0, 0.1) is 13.8 Å². The minimum Gasteiger partial charge on any atom is -0.481 e. The molecule has 2 N–H and O–H groups in total. The third-order valence-electron chi connectivity index (χ3n) is 2.78. The van der Waals surface area contributed by atoms with E-state index >= 15 is 0 Å². The number of aliphatic carboxylic acids is 1. The van der Waals surface area contributed by atoms with Crippen LogP contribution in [0.25, 0.3) is 5.65 Å². The Bertz CT molecular complexity index is 646. The van der Waals surface area contributed by atoms with Crippen molar-refractivity contribution in [3.05, 3.63) is 35.3 Å². The SMILES string of the molecule is Cc1ccc2nc(C)c(C(=O)NCCC(=O)O)n2c1. The summed E-state index contributed by atoms with van der Waals surface area (Å²) in [6, 6.07) is 3.77. The van der Waals surface area contributed by atoms with Gasteiger partial charge in [-0.25, -0.2) is 4.98 Å². The average molecular weight is 261 g/mol. The van der Waals surface area contributed by atoms with E-state index in [1.807, 2.05) is 25.3 Å². The molecule has 0 unspecified atom stereocenters. The van der Waals surface area contributed by atoms with Gasteiger partial charge in [0.25, 0.3) is 5.91 Å². The standard InChI is InChI=1S/C13H15N3O3/c1-8-3-4-10-15-9(2)12(16(10)7-8)13(19)14-6-5-11(17)18/h3-4,7H,5-6H2,1-2H3,(H,14,19)(H,17,18). The van der Waals surface area contributed by atoms with E-state index in [-0.39, 0.29) is 18.9 Å². The number of fused-ring (bicyclic) bond motifs is 1. The normalized spacial score (nSPS) is 10.6. The Morgan fingerprint density at radius 2 is 2.11 bits per heavy atom. The number of carbonyl (C=O) groups excluding carboxylic acids is 1. The highest BCUT2D eigenvalue weighted by Crippen LogP contribution is 2.13. The van der Waals surface area contributed by atoms with Crippen LogP contribution in [0.2, 0.25) is 0 Å². The van der Waals surface area contributed by atoms with E-state index in [0.717, 1.165) is 5.56 Å². The lowest BCUT2D eigenvalue weighted by Crippen LogP contribution is -2.27. The molecular weight excluding hydrogens is 246 g/mol. The zero-order valence-electron chi connectivity index (χ0n) is 10.8. The predicted molar refractivity (Wildman–Crippen MR) is 69.3 cm³/mol. The third-order valence-corrected chi connectivity index (χ3v) is 2.78. The molecule has 0 atom stereocenters. The Kier molecular flexibility index (Phi) is 3.50. The van der Waals surface area contributed by atoms with E-state index in [1.165, 1.54) is 0 Å². The summed E-state index contributed by atoms with van der Waals surface area (Å²) in [6.07, 6.45) is 1.74. The Morgan fingerprint density at radius 1 is 1.37 bits per heavy atom. The van der Waals surface area contributed by atoms with Crippen molar-refractivity contribution in [2.24, 2.45) is 0 Å². The number of carboxylic acids is 1. The van der Waals surface area contributed by atoms with Gasteiger partial charge in [0.2, 0.25) is 0 Å². The number of nitrogens with zero attached hydrogens (tertiary/aromatic N) is 2.